The summed E-state index contributed by atoms with van der Waals surface area (Å²) in [5.74, 6) is -1.24. The van der Waals surface area contributed by atoms with Crippen LogP contribution in [0, 0.1) is 6.92 Å². The van der Waals surface area contributed by atoms with E-state index in [9.17, 15) is 14.4 Å². The molecule has 2 aromatic rings. The maximum absolute atomic E-state index is 12.3. The first-order valence-corrected chi connectivity index (χ1v) is 6.87. The Bertz CT molecular complexity index is 870. The van der Waals surface area contributed by atoms with E-state index in [0.717, 1.165) is 11.6 Å². The summed E-state index contributed by atoms with van der Waals surface area (Å²) in [6.07, 6.45) is 0. The van der Waals surface area contributed by atoms with Crippen LogP contribution in [0.4, 0.5) is 5.82 Å². The number of nitrogens with zero attached hydrogens (tertiary/aromatic N) is 1. The van der Waals surface area contributed by atoms with E-state index in [1.54, 1.807) is 12.1 Å². The second-order valence-corrected chi connectivity index (χ2v) is 5.58. The van der Waals surface area contributed by atoms with Crippen molar-refractivity contribution in [3.63, 3.8) is 0 Å². The van der Waals surface area contributed by atoms with E-state index in [1.165, 1.54) is 4.57 Å². The third-order valence-electron chi connectivity index (χ3n) is 3.30. The number of carbonyl (C=O) groups is 2. The number of hydrogen-bond donors (Lipinski definition) is 2. The second-order valence-electron chi connectivity index (χ2n) is 4.73. The molecule has 21 heavy (non-hydrogen) atoms. The van der Waals surface area contributed by atoms with Crippen LogP contribution in [-0.2, 0) is 0 Å². The summed E-state index contributed by atoms with van der Waals surface area (Å²) in [5, 5.41) is 2.13. The normalized spacial score (nSPS) is 13.2. The van der Waals surface area contributed by atoms with E-state index >= 15 is 0 Å². The molecule has 1 aliphatic heterocycles. The molecule has 6 nitrogen and oxygen atoms in total. The molecule has 0 bridgehead atoms. The molecule has 0 unspecified atom stereocenters. The minimum absolute atomic E-state index is 0.0162. The molecule has 1 aliphatic rings. The van der Waals surface area contributed by atoms with Crippen LogP contribution in [0.5, 0.6) is 0 Å². The highest BCUT2D eigenvalue weighted by atomic mass is 79.9. The van der Waals surface area contributed by atoms with Crippen LogP contribution in [0.25, 0.3) is 5.69 Å². The van der Waals surface area contributed by atoms with E-state index in [-0.39, 0.29) is 16.9 Å². The fraction of sp³-hybridized carbons (Fsp3) is 0.0714. The van der Waals surface area contributed by atoms with Crippen molar-refractivity contribution in [1.29, 1.82) is 0 Å². The number of fused-ring (bicyclic) bond motifs is 1. The Labute approximate surface area is 127 Å². The van der Waals surface area contributed by atoms with E-state index in [4.69, 9.17) is 5.73 Å². The molecule has 0 spiro atoms. The van der Waals surface area contributed by atoms with Crippen LogP contribution in [0.2, 0.25) is 0 Å². The number of amides is 2. The molecule has 3 N–H and O–H groups in total. The molecule has 106 valence electrons. The SMILES string of the molecule is Cc1ccc(Br)c(-n2c(N)c3c(cc2=O)C(=O)NC3=O)c1. The van der Waals surface area contributed by atoms with Gasteiger partial charge in [-0.25, -0.2) is 0 Å². The number of aromatic nitrogens is 1. The molecule has 0 aliphatic carbocycles. The van der Waals surface area contributed by atoms with Crippen molar-refractivity contribution in [2.24, 2.45) is 0 Å². The second kappa shape index (κ2) is 4.56. The van der Waals surface area contributed by atoms with E-state index < -0.39 is 17.4 Å². The first kappa shape index (κ1) is 13.6. The van der Waals surface area contributed by atoms with Crippen molar-refractivity contribution in [3.8, 4) is 5.69 Å². The number of carbonyl (C=O) groups excluding carboxylic acids is 2. The van der Waals surface area contributed by atoms with Crippen LogP contribution in [0.3, 0.4) is 0 Å². The van der Waals surface area contributed by atoms with Gasteiger partial charge in [0.1, 0.15) is 5.82 Å². The van der Waals surface area contributed by atoms with E-state index in [1.807, 2.05) is 13.0 Å². The predicted molar refractivity (Wildman–Crippen MR) is 80.7 cm³/mol. The Morgan fingerprint density at radius 2 is 1.86 bits per heavy atom. The molecule has 2 heterocycles. The zero-order valence-corrected chi connectivity index (χ0v) is 12.5. The highest BCUT2D eigenvalue weighted by Gasteiger charge is 2.32. The Kier molecular flexibility index (Phi) is 2.94. The minimum atomic E-state index is -0.603. The molecular weight excluding hydrogens is 338 g/mol. The van der Waals surface area contributed by atoms with Gasteiger partial charge in [0.15, 0.2) is 0 Å². The maximum Gasteiger partial charge on any atom is 0.262 e. The lowest BCUT2D eigenvalue weighted by atomic mass is 10.1. The van der Waals surface area contributed by atoms with Crippen molar-refractivity contribution in [2.45, 2.75) is 6.92 Å². The zero-order valence-electron chi connectivity index (χ0n) is 10.9. The van der Waals surface area contributed by atoms with Crippen LogP contribution in [0.15, 0.2) is 33.5 Å². The molecule has 1 aromatic carbocycles. The third-order valence-corrected chi connectivity index (χ3v) is 3.97. The van der Waals surface area contributed by atoms with Crippen molar-refractivity contribution in [2.75, 3.05) is 5.73 Å². The van der Waals surface area contributed by atoms with Gasteiger partial charge >= 0.3 is 0 Å². The lowest BCUT2D eigenvalue weighted by Gasteiger charge is -2.14. The number of nitrogens with one attached hydrogen (secondary N) is 1. The highest BCUT2D eigenvalue weighted by Crippen LogP contribution is 2.27. The summed E-state index contributed by atoms with van der Waals surface area (Å²) in [5.41, 5.74) is 7.00. The van der Waals surface area contributed by atoms with Gasteiger partial charge in [-0.15, -0.1) is 0 Å². The molecule has 2 amide bonds. The van der Waals surface area contributed by atoms with Gasteiger partial charge in [-0.3, -0.25) is 24.3 Å². The van der Waals surface area contributed by atoms with Crippen LogP contribution < -0.4 is 16.6 Å². The topological polar surface area (TPSA) is 94.2 Å². The van der Waals surface area contributed by atoms with Gasteiger partial charge in [0, 0.05) is 10.5 Å². The van der Waals surface area contributed by atoms with Gasteiger partial charge < -0.3 is 5.73 Å². The Morgan fingerprint density at radius 1 is 1.14 bits per heavy atom. The first-order valence-electron chi connectivity index (χ1n) is 6.08. The number of hydrogen-bond acceptors (Lipinski definition) is 4. The van der Waals surface area contributed by atoms with Crippen molar-refractivity contribution in [1.82, 2.24) is 9.88 Å². The lowest BCUT2D eigenvalue weighted by molar-refractivity contribution is 0.0880. The molecule has 0 fully saturated rings. The van der Waals surface area contributed by atoms with Crippen LogP contribution >= 0.6 is 15.9 Å². The molecule has 0 saturated carbocycles. The van der Waals surface area contributed by atoms with Crippen molar-refractivity contribution in [3.05, 3.63) is 55.8 Å². The number of benzene rings is 1. The number of nitrogens with two attached hydrogens (primary N) is 1. The summed E-state index contributed by atoms with van der Waals surface area (Å²) in [6.45, 7) is 1.88. The van der Waals surface area contributed by atoms with Gasteiger partial charge in [0.05, 0.1) is 16.8 Å². The monoisotopic (exact) mass is 347 g/mol. The molecular formula is C14H10BrN3O3. The maximum atomic E-state index is 12.3. The Balaban J connectivity index is 2.38. The van der Waals surface area contributed by atoms with Gasteiger partial charge in [0.2, 0.25) is 0 Å². The number of pyridine rings is 1. The van der Waals surface area contributed by atoms with Crippen LogP contribution in [-0.4, -0.2) is 16.4 Å². The van der Waals surface area contributed by atoms with Gasteiger partial charge in [-0.2, -0.15) is 0 Å². The van der Waals surface area contributed by atoms with E-state index in [2.05, 4.69) is 21.2 Å². The number of nitrogen functional groups attached to an aromatic ring is 1. The first-order chi connectivity index (χ1) is 9.90. The number of anilines is 1. The number of rotatable bonds is 1. The number of imide groups is 1. The fourth-order valence-corrected chi connectivity index (χ4v) is 2.75. The molecule has 1 aromatic heterocycles. The minimum Gasteiger partial charge on any atom is -0.384 e. The lowest BCUT2D eigenvalue weighted by Crippen LogP contribution is -2.24. The average Bonchev–Trinajstić information content (AvgIpc) is 2.68. The molecule has 3 rings (SSSR count). The van der Waals surface area contributed by atoms with Gasteiger partial charge in [-0.1, -0.05) is 6.07 Å². The zero-order chi connectivity index (χ0) is 15.3. The van der Waals surface area contributed by atoms with Crippen LogP contribution in [0.1, 0.15) is 26.3 Å². The molecule has 7 heteroatoms. The number of halogens is 1. The summed E-state index contributed by atoms with van der Waals surface area (Å²) in [4.78, 5) is 35.7. The molecule has 0 atom stereocenters. The Hall–Kier alpha value is -2.41. The van der Waals surface area contributed by atoms with E-state index in [0.29, 0.717) is 10.2 Å². The summed E-state index contributed by atoms with van der Waals surface area (Å²) >= 11 is 3.36. The summed E-state index contributed by atoms with van der Waals surface area (Å²) in [7, 11) is 0. The smallest absolute Gasteiger partial charge is 0.262 e. The number of aryl methyl sites for hydroxylation is 1. The largest absolute Gasteiger partial charge is 0.384 e. The fourth-order valence-electron chi connectivity index (χ4n) is 2.32. The third kappa shape index (κ3) is 1.97. The molecule has 0 saturated heterocycles. The summed E-state index contributed by atoms with van der Waals surface area (Å²) < 4.78 is 1.88. The molecule has 0 radical (unpaired) electrons. The standard InChI is InChI=1S/C14H10BrN3O3/c1-6-2-3-8(15)9(4-6)18-10(19)5-7-11(12(18)16)14(21)17-13(7)20/h2-5H,16H2,1H3,(H,17,20,21). The van der Waals surface area contributed by atoms with Crippen molar-refractivity contribution >= 4 is 33.6 Å². The summed E-state index contributed by atoms with van der Waals surface area (Å²) in [6, 6.07) is 6.55. The average molecular weight is 348 g/mol. The predicted octanol–water partition coefficient (Wildman–Crippen LogP) is 1.37. The quantitative estimate of drug-likeness (QED) is 0.762. The van der Waals surface area contributed by atoms with Crippen molar-refractivity contribution < 1.29 is 9.59 Å². The Morgan fingerprint density at radius 3 is 2.57 bits per heavy atom. The highest BCUT2D eigenvalue weighted by molar-refractivity contribution is 9.10. The van der Waals surface area contributed by atoms with Gasteiger partial charge in [-0.05, 0) is 40.5 Å². The van der Waals surface area contributed by atoms with Gasteiger partial charge in [0.25, 0.3) is 17.4 Å².